The van der Waals surface area contributed by atoms with Crippen LogP contribution in [0, 0.1) is 0 Å². The number of nitrogens with one attached hydrogen (secondary N) is 3. The molecule has 3 atom stereocenters. The van der Waals surface area contributed by atoms with E-state index in [1.54, 1.807) is 32.5 Å². The van der Waals surface area contributed by atoms with Crippen LogP contribution in [0.1, 0.15) is 113 Å². The third-order valence-electron chi connectivity index (χ3n) is 14.8. The summed E-state index contributed by atoms with van der Waals surface area (Å²) >= 11 is 0. The number of nitrogens with zero attached hydrogens (tertiary/aromatic N) is 9. The second-order valence-corrected chi connectivity index (χ2v) is 20.3. The van der Waals surface area contributed by atoms with Crippen LogP contribution in [0.5, 0.6) is 11.5 Å². The molecule has 5 N–H and O–H groups in total. The standard InChI is InChI=1S/C29H42FN7O3.C23H28FN5O4/c1-29(30)18-37(21-8-6-5-7-9-21)25-23(36(3)27(29)39)17-31-28(34-25)33-22-11-10-19(16-24(22)40-4)26(38)32-20-12-14-35(2)15-13-20;1-23(24)13-29(15-7-5-4-6-8-15)19-17(28(2)21(23)32)12-25-22(27-19)26-16-10-9-14(20(30)31)11-18(16)33-3/h10-11,16-17,20-21,26,32,38H,5-9,12-15,18H2,1-4H3,(H,31,33,34);9-12,15H,4-8,13H2,1-3H3,(H,30,31)(H,25,26,27). The summed E-state index contributed by atoms with van der Waals surface area (Å²) in [4.78, 5) is 64.1. The minimum atomic E-state index is -2.06. The average molecular weight is 1010 g/mol. The maximum atomic E-state index is 15.6. The molecular weight excluding hydrogens is 943 g/mol. The molecule has 2 aromatic carbocycles. The molecule has 2 saturated carbocycles. The number of hydrogen-bond acceptors (Lipinski definition) is 16. The van der Waals surface area contributed by atoms with Crippen molar-refractivity contribution in [2.45, 2.75) is 127 Å². The minimum absolute atomic E-state index is 0.0511. The fourth-order valence-electron chi connectivity index (χ4n) is 10.6. The van der Waals surface area contributed by atoms with Gasteiger partial charge in [-0.3, -0.25) is 14.9 Å². The molecule has 2 amide bonds. The number of benzene rings is 2. The van der Waals surface area contributed by atoms with E-state index in [0.29, 0.717) is 57.4 Å². The summed E-state index contributed by atoms with van der Waals surface area (Å²) < 4.78 is 42.0. The fourth-order valence-corrected chi connectivity index (χ4v) is 10.6. The molecule has 3 aliphatic heterocycles. The molecule has 4 aromatic rings. The van der Waals surface area contributed by atoms with E-state index in [-0.39, 0.29) is 42.7 Å². The summed E-state index contributed by atoms with van der Waals surface area (Å²) in [6.45, 7) is 4.54. The number of aliphatic hydroxyl groups excluding tert-OH is 1. The number of carbonyl (C=O) groups excluding carboxylic acids is 2. The minimum Gasteiger partial charge on any atom is -0.495 e. The number of amides is 2. The Morgan fingerprint density at radius 2 is 1.15 bits per heavy atom. The van der Waals surface area contributed by atoms with Crippen molar-refractivity contribution in [3.63, 3.8) is 0 Å². The van der Waals surface area contributed by atoms with Crippen LogP contribution in [0.3, 0.4) is 0 Å². The van der Waals surface area contributed by atoms with Crippen molar-refractivity contribution in [3.8, 4) is 11.5 Å². The second-order valence-electron chi connectivity index (χ2n) is 20.3. The van der Waals surface area contributed by atoms with Crippen molar-refractivity contribution in [1.82, 2.24) is 30.2 Å². The summed E-state index contributed by atoms with van der Waals surface area (Å²) in [5.74, 6) is 0.171. The van der Waals surface area contributed by atoms with E-state index in [4.69, 9.17) is 14.5 Å². The number of aliphatic hydroxyl groups is 1. The number of carbonyl (C=O) groups is 3. The van der Waals surface area contributed by atoms with Crippen molar-refractivity contribution in [1.29, 1.82) is 0 Å². The van der Waals surface area contributed by atoms with Crippen LogP contribution in [0.25, 0.3) is 0 Å². The first-order valence-electron chi connectivity index (χ1n) is 25.3. The number of piperidine rings is 1. The Hall–Kier alpha value is -6.45. The molecule has 0 bridgehead atoms. The number of aromatic carboxylic acids is 1. The summed E-state index contributed by atoms with van der Waals surface area (Å²) in [6, 6.07) is 10.3. The highest BCUT2D eigenvalue weighted by Crippen LogP contribution is 2.41. The van der Waals surface area contributed by atoms with E-state index >= 15 is 8.78 Å². The number of likely N-dealkylation sites (tertiary alicyclic amines) is 1. The van der Waals surface area contributed by atoms with E-state index in [1.807, 2.05) is 21.9 Å². The molecule has 3 unspecified atom stereocenters. The number of fused-ring (bicyclic) bond motifs is 2. The number of aromatic nitrogens is 4. The Bertz CT molecular complexity index is 2620. The topological polar surface area (TPSA) is 214 Å². The molecule has 9 rings (SSSR count). The van der Waals surface area contributed by atoms with Gasteiger partial charge in [-0.05, 0) is 108 Å². The molecule has 2 aromatic heterocycles. The Morgan fingerprint density at radius 3 is 1.60 bits per heavy atom. The van der Waals surface area contributed by atoms with Crippen LogP contribution >= 0.6 is 0 Å². The number of carboxylic acids is 1. The summed E-state index contributed by atoms with van der Waals surface area (Å²) in [6.07, 6.45) is 14.5. The zero-order valence-electron chi connectivity index (χ0n) is 43.0. The zero-order chi connectivity index (χ0) is 52.2. The molecule has 0 radical (unpaired) electrons. The summed E-state index contributed by atoms with van der Waals surface area (Å²) in [5, 5.41) is 29.7. The maximum Gasteiger partial charge on any atom is 0.335 e. The van der Waals surface area contributed by atoms with Crippen molar-refractivity contribution in [3.05, 3.63) is 59.9 Å². The smallest absolute Gasteiger partial charge is 0.335 e. The SMILES string of the molecule is COc1cc(C(=O)O)ccc1Nc1ncc2c(n1)N(C1CCCCC1)CC(C)(F)C(=O)N2C.COc1cc(C(O)NC2CCN(C)CC2)ccc1Nc1ncc2c(n1)N(C1CCCCC1)CC(C)(F)C(=O)N2C. The van der Waals surface area contributed by atoms with E-state index in [0.717, 1.165) is 90.1 Å². The molecular formula is C52H70F2N12O7. The molecule has 2 aliphatic carbocycles. The number of rotatable bonds is 12. The van der Waals surface area contributed by atoms with Gasteiger partial charge in [-0.2, -0.15) is 9.97 Å². The van der Waals surface area contributed by atoms with Gasteiger partial charge in [0.15, 0.2) is 11.6 Å². The second kappa shape index (κ2) is 22.3. The van der Waals surface area contributed by atoms with Crippen LogP contribution in [-0.2, 0) is 9.59 Å². The number of anilines is 8. The Kier molecular flexibility index (Phi) is 16.2. The molecule has 21 heteroatoms. The Morgan fingerprint density at radius 1 is 0.699 bits per heavy atom. The lowest BCUT2D eigenvalue weighted by molar-refractivity contribution is -0.128. The lowest BCUT2D eigenvalue weighted by Gasteiger charge is -2.36. The molecule has 3 fully saturated rings. The largest absolute Gasteiger partial charge is 0.495 e. The fraction of sp³-hybridized carbons (Fsp3) is 0.558. The predicted octanol–water partition coefficient (Wildman–Crippen LogP) is 7.52. The highest BCUT2D eigenvalue weighted by molar-refractivity contribution is 6.03. The Balaban J connectivity index is 0.000000199. The van der Waals surface area contributed by atoms with Gasteiger partial charge < -0.3 is 54.8 Å². The van der Waals surface area contributed by atoms with E-state index < -0.39 is 35.3 Å². The van der Waals surface area contributed by atoms with Gasteiger partial charge in [0.25, 0.3) is 11.8 Å². The van der Waals surface area contributed by atoms with Gasteiger partial charge in [0.05, 0.1) is 56.6 Å². The van der Waals surface area contributed by atoms with E-state index in [1.165, 1.54) is 56.1 Å². The third-order valence-corrected chi connectivity index (χ3v) is 14.8. The molecule has 1 saturated heterocycles. The lowest BCUT2D eigenvalue weighted by atomic mass is 9.93. The van der Waals surface area contributed by atoms with Gasteiger partial charge in [0, 0.05) is 32.2 Å². The third kappa shape index (κ3) is 11.8. The van der Waals surface area contributed by atoms with Gasteiger partial charge in [-0.15, -0.1) is 0 Å². The first-order valence-corrected chi connectivity index (χ1v) is 25.3. The summed E-state index contributed by atoms with van der Waals surface area (Å²) in [7, 11) is 8.24. The van der Waals surface area contributed by atoms with Crippen molar-refractivity contribution in [2.24, 2.45) is 0 Å². The maximum absolute atomic E-state index is 15.6. The first-order chi connectivity index (χ1) is 34.9. The molecule has 19 nitrogen and oxygen atoms in total. The molecule has 5 heterocycles. The van der Waals surface area contributed by atoms with Gasteiger partial charge in [-0.25, -0.2) is 23.5 Å². The number of hydrogen-bond donors (Lipinski definition) is 5. The van der Waals surface area contributed by atoms with Crippen LogP contribution in [0.4, 0.5) is 55.1 Å². The molecule has 73 heavy (non-hydrogen) atoms. The molecule has 5 aliphatic rings. The molecule has 394 valence electrons. The van der Waals surface area contributed by atoms with Gasteiger partial charge in [0.2, 0.25) is 23.2 Å². The highest BCUT2D eigenvalue weighted by atomic mass is 19.1. The Labute approximate surface area is 425 Å². The van der Waals surface area contributed by atoms with Gasteiger partial charge >= 0.3 is 5.97 Å². The number of carboxylic acid groups (broad SMARTS) is 1. The van der Waals surface area contributed by atoms with Crippen LogP contribution < -0.4 is 45.0 Å². The summed E-state index contributed by atoms with van der Waals surface area (Å²) in [5.41, 5.74) is -1.24. The van der Waals surface area contributed by atoms with Crippen molar-refractivity contribution < 1.29 is 42.9 Å². The van der Waals surface area contributed by atoms with E-state index in [9.17, 15) is 24.6 Å². The average Bonchev–Trinajstić information content (AvgIpc) is 3.51. The van der Waals surface area contributed by atoms with E-state index in [2.05, 4.69) is 42.8 Å². The van der Waals surface area contributed by atoms with Crippen molar-refractivity contribution >= 4 is 64.1 Å². The van der Waals surface area contributed by atoms with Crippen molar-refractivity contribution in [2.75, 3.05) is 91.8 Å². The lowest BCUT2D eigenvalue weighted by Crippen LogP contribution is -2.50. The quantitative estimate of drug-likeness (QED) is 0.0868. The monoisotopic (exact) mass is 1010 g/mol. The number of halogens is 2. The van der Waals surface area contributed by atoms with Gasteiger partial charge in [0.1, 0.15) is 29.1 Å². The van der Waals surface area contributed by atoms with Crippen LogP contribution in [0.15, 0.2) is 48.8 Å². The highest BCUT2D eigenvalue weighted by Gasteiger charge is 2.46. The van der Waals surface area contributed by atoms with Crippen LogP contribution in [0.2, 0.25) is 0 Å². The molecule has 0 spiro atoms. The number of methoxy groups -OCH3 is 2. The number of ether oxygens (including phenoxy) is 2. The predicted molar refractivity (Wildman–Crippen MR) is 276 cm³/mol. The number of alkyl halides is 2. The van der Waals surface area contributed by atoms with Gasteiger partial charge in [-0.1, -0.05) is 44.6 Å². The first kappa shape index (κ1) is 52.9. The van der Waals surface area contributed by atoms with Crippen LogP contribution in [-0.4, -0.2) is 144 Å². The zero-order valence-corrected chi connectivity index (χ0v) is 43.0. The normalized spacial score (nSPS) is 22.8.